The largest absolute Gasteiger partial charge is 0.481 e. The van der Waals surface area contributed by atoms with Gasteiger partial charge < -0.3 is 5.11 Å². The Morgan fingerprint density at radius 2 is 1.67 bits per heavy atom. The lowest BCUT2D eigenvalue weighted by Gasteiger charge is -2.46. The Kier molecular flexibility index (Phi) is 2.08. The predicted molar refractivity (Wildman–Crippen MR) is 57.5 cm³/mol. The second kappa shape index (κ2) is 3.23. The van der Waals surface area contributed by atoms with Gasteiger partial charge in [-0.1, -0.05) is 32.1 Å². The van der Waals surface area contributed by atoms with E-state index in [1.54, 1.807) is 0 Å². The molecule has 0 saturated heterocycles. The summed E-state index contributed by atoms with van der Waals surface area (Å²) in [4.78, 5) is 11.6. The minimum Gasteiger partial charge on any atom is -0.481 e. The number of hydrogen-bond acceptors (Lipinski definition) is 1. The molecule has 0 aromatic rings. The average molecular weight is 208 g/mol. The molecule has 0 radical (unpaired) electrons. The van der Waals surface area contributed by atoms with Crippen molar-refractivity contribution < 1.29 is 9.90 Å². The Morgan fingerprint density at radius 3 is 2.40 bits per heavy atom. The van der Waals surface area contributed by atoms with Crippen molar-refractivity contribution in [3.8, 4) is 0 Å². The first kappa shape index (κ1) is 9.68. The zero-order valence-corrected chi connectivity index (χ0v) is 9.24. The van der Waals surface area contributed by atoms with Crippen LogP contribution in [0.4, 0.5) is 0 Å². The lowest BCUT2D eigenvalue weighted by atomic mass is 9.58. The Morgan fingerprint density at radius 1 is 1.00 bits per heavy atom. The fourth-order valence-electron chi connectivity index (χ4n) is 4.87. The van der Waals surface area contributed by atoms with E-state index in [1.807, 2.05) is 0 Å². The van der Waals surface area contributed by atoms with Crippen LogP contribution in [-0.2, 0) is 4.79 Å². The van der Waals surface area contributed by atoms with E-state index in [9.17, 15) is 9.90 Å². The second-order valence-corrected chi connectivity index (χ2v) is 5.87. The van der Waals surface area contributed by atoms with Crippen molar-refractivity contribution >= 4 is 5.97 Å². The van der Waals surface area contributed by atoms with Crippen LogP contribution in [0.3, 0.4) is 0 Å². The molecule has 3 rings (SSSR count). The Balaban J connectivity index is 1.97. The monoisotopic (exact) mass is 208 g/mol. The van der Waals surface area contributed by atoms with Gasteiger partial charge in [-0.2, -0.15) is 0 Å². The number of carbonyl (C=O) groups is 1. The molecule has 84 valence electrons. The molecule has 0 aliphatic heterocycles. The van der Waals surface area contributed by atoms with Crippen LogP contribution >= 0.6 is 0 Å². The number of hydrogen-bond donors (Lipinski definition) is 1. The maximum absolute atomic E-state index is 11.6. The molecule has 0 aromatic carbocycles. The van der Waals surface area contributed by atoms with Crippen LogP contribution < -0.4 is 0 Å². The van der Waals surface area contributed by atoms with Gasteiger partial charge in [0.2, 0.25) is 0 Å². The summed E-state index contributed by atoms with van der Waals surface area (Å²) in [5, 5.41) is 9.55. The SMILES string of the molecule is O=C(O)C12CCCC3CCCC(CC1)C32. The molecule has 2 heteroatoms. The first-order valence-electron chi connectivity index (χ1n) is 6.47. The summed E-state index contributed by atoms with van der Waals surface area (Å²) in [7, 11) is 0. The third-order valence-electron chi connectivity index (χ3n) is 5.39. The smallest absolute Gasteiger partial charge is 0.309 e. The minimum absolute atomic E-state index is 0.298. The van der Waals surface area contributed by atoms with Crippen molar-refractivity contribution in [1.82, 2.24) is 0 Å². The van der Waals surface area contributed by atoms with E-state index >= 15 is 0 Å². The number of carboxylic acids is 1. The summed E-state index contributed by atoms with van der Waals surface area (Å²) < 4.78 is 0. The zero-order valence-electron chi connectivity index (χ0n) is 9.24. The molecule has 3 saturated carbocycles. The molecule has 2 nitrogen and oxygen atoms in total. The third-order valence-corrected chi connectivity index (χ3v) is 5.39. The van der Waals surface area contributed by atoms with Crippen LogP contribution in [0.5, 0.6) is 0 Å². The lowest BCUT2D eigenvalue weighted by molar-refractivity contribution is -0.157. The maximum Gasteiger partial charge on any atom is 0.309 e. The van der Waals surface area contributed by atoms with Gasteiger partial charge in [0, 0.05) is 0 Å². The number of carboxylic acid groups (broad SMARTS) is 1. The quantitative estimate of drug-likeness (QED) is 0.719. The molecule has 0 spiro atoms. The molecule has 0 aromatic heterocycles. The van der Waals surface area contributed by atoms with E-state index in [2.05, 4.69) is 0 Å². The van der Waals surface area contributed by atoms with Gasteiger partial charge in [0.15, 0.2) is 0 Å². The van der Waals surface area contributed by atoms with Crippen LogP contribution in [-0.4, -0.2) is 11.1 Å². The molecular formula is C13H20O2. The topological polar surface area (TPSA) is 37.3 Å². The van der Waals surface area contributed by atoms with Gasteiger partial charge in [-0.05, 0) is 37.0 Å². The molecule has 3 aliphatic carbocycles. The summed E-state index contributed by atoms with van der Waals surface area (Å²) >= 11 is 0. The first-order chi connectivity index (χ1) is 7.24. The summed E-state index contributed by atoms with van der Waals surface area (Å²) in [5.41, 5.74) is -0.298. The molecule has 1 N–H and O–H groups in total. The van der Waals surface area contributed by atoms with Crippen molar-refractivity contribution in [3.05, 3.63) is 0 Å². The van der Waals surface area contributed by atoms with Crippen molar-refractivity contribution in [3.63, 3.8) is 0 Å². The van der Waals surface area contributed by atoms with Crippen LogP contribution in [0, 0.1) is 23.2 Å². The van der Waals surface area contributed by atoms with Crippen LogP contribution in [0.2, 0.25) is 0 Å². The van der Waals surface area contributed by atoms with Gasteiger partial charge in [0.05, 0.1) is 5.41 Å². The predicted octanol–water partition coefficient (Wildman–Crippen LogP) is 3.07. The van der Waals surface area contributed by atoms with E-state index < -0.39 is 5.97 Å². The van der Waals surface area contributed by atoms with E-state index in [-0.39, 0.29) is 5.41 Å². The fraction of sp³-hybridized carbons (Fsp3) is 0.923. The number of aliphatic carboxylic acids is 1. The molecule has 15 heavy (non-hydrogen) atoms. The van der Waals surface area contributed by atoms with Crippen LogP contribution in [0.25, 0.3) is 0 Å². The van der Waals surface area contributed by atoms with Crippen LogP contribution in [0.15, 0.2) is 0 Å². The van der Waals surface area contributed by atoms with Crippen LogP contribution in [0.1, 0.15) is 51.4 Å². The minimum atomic E-state index is -0.485. The molecule has 0 amide bonds. The van der Waals surface area contributed by atoms with Gasteiger partial charge in [-0.25, -0.2) is 0 Å². The summed E-state index contributed by atoms with van der Waals surface area (Å²) in [6.45, 7) is 0. The molecule has 3 fully saturated rings. The average Bonchev–Trinajstić information content (AvgIpc) is 2.62. The lowest BCUT2D eigenvalue weighted by Crippen LogP contribution is -2.45. The molecular weight excluding hydrogens is 188 g/mol. The normalized spacial score (nSPS) is 48.7. The summed E-state index contributed by atoms with van der Waals surface area (Å²) in [6.07, 6.45) is 9.52. The van der Waals surface area contributed by atoms with E-state index in [4.69, 9.17) is 0 Å². The molecule has 0 heterocycles. The summed E-state index contributed by atoms with van der Waals surface area (Å²) in [5.74, 6) is 1.55. The van der Waals surface area contributed by atoms with E-state index in [0.717, 1.165) is 31.1 Å². The van der Waals surface area contributed by atoms with Crippen molar-refractivity contribution in [2.75, 3.05) is 0 Å². The van der Waals surface area contributed by atoms with Crippen molar-refractivity contribution in [2.45, 2.75) is 51.4 Å². The van der Waals surface area contributed by atoms with E-state index in [1.165, 1.54) is 32.1 Å². The molecule has 4 unspecified atom stereocenters. The highest BCUT2D eigenvalue weighted by Gasteiger charge is 2.58. The van der Waals surface area contributed by atoms with Gasteiger partial charge >= 0.3 is 5.97 Å². The van der Waals surface area contributed by atoms with Gasteiger partial charge in [-0.3, -0.25) is 4.79 Å². The Bertz CT molecular complexity index is 284. The third kappa shape index (κ3) is 1.20. The standard InChI is InChI=1S/C13H20O2/c14-12(15)13-7-2-5-9-3-1-4-10(6-8-13)11(9)13/h9-11H,1-8H2,(H,14,15). The zero-order chi connectivity index (χ0) is 10.5. The number of rotatable bonds is 1. The Hall–Kier alpha value is -0.530. The highest BCUT2D eigenvalue weighted by Crippen LogP contribution is 2.61. The van der Waals surface area contributed by atoms with E-state index in [0.29, 0.717) is 5.92 Å². The Labute approximate surface area is 91.1 Å². The molecule has 0 bridgehead atoms. The fourth-order valence-corrected chi connectivity index (χ4v) is 4.87. The highest BCUT2D eigenvalue weighted by molar-refractivity contribution is 5.76. The second-order valence-electron chi connectivity index (χ2n) is 5.87. The summed E-state index contributed by atoms with van der Waals surface area (Å²) in [6, 6.07) is 0. The molecule has 3 aliphatic rings. The highest BCUT2D eigenvalue weighted by atomic mass is 16.4. The first-order valence-corrected chi connectivity index (χ1v) is 6.47. The maximum atomic E-state index is 11.6. The van der Waals surface area contributed by atoms with Gasteiger partial charge in [0.1, 0.15) is 0 Å². The van der Waals surface area contributed by atoms with Gasteiger partial charge in [-0.15, -0.1) is 0 Å². The molecule has 4 atom stereocenters. The van der Waals surface area contributed by atoms with Gasteiger partial charge in [0.25, 0.3) is 0 Å². The van der Waals surface area contributed by atoms with Crippen molar-refractivity contribution in [1.29, 1.82) is 0 Å². The van der Waals surface area contributed by atoms with Crippen molar-refractivity contribution in [2.24, 2.45) is 23.2 Å².